The van der Waals surface area contributed by atoms with E-state index in [4.69, 9.17) is 23.2 Å². The van der Waals surface area contributed by atoms with Gasteiger partial charge in [-0.25, -0.2) is 0 Å². The molecule has 2 N–H and O–H groups in total. The number of nitrogens with zero attached hydrogens (tertiary/aromatic N) is 3. The van der Waals surface area contributed by atoms with Gasteiger partial charge in [-0.1, -0.05) is 53.2 Å². The van der Waals surface area contributed by atoms with Gasteiger partial charge in [0.05, 0.1) is 22.9 Å². The van der Waals surface area contributed by atoms with Gasteiger partial charge < -0.3 is 15.2 Å². The summed E-state index contributed by atoms with van der Waals surface area (Å²) in [5.74, 6) is 0.310. The SMILES string of the molecule is CCn1c(CNC(=O)c2ccc(Cl)cc2Cl)nnc1SCC(=O)Nc1ccccc1. The van der Waals surface area contributed by atoms with Gasteiger partial charge in [-0.3, -0.25) is 9.59 Å². The first-order valence-electron chi connectivity index (χ1n) is 9.11. The van der Waals surface area contributed by atoms with Crippen LogP contribution in [0.3, 0.4) is 0 Å². The molecule has 0 bridgehead atoms. The fraction of sp³-hybridized carbons (Fsp3) is 0.200. The molecule has 1 heterocycles. The van der Waals surface area contributed by atoms with Crippen LogP contribution in [0.2, 0.25) is 10.0 Å². The summed E-state index contributed by atoms with van der Waals surface area (Å²) in [7, 11) is 0. The van der Waals surface area contributed by atoms with Crippen LogP contribution in [0.25, 0.3) is 0 Å². The third kappa shape index (κ3) is 5.75. The number of hydrogen-bond acceptors (Lipinski definition) is 5. The highest BCUT2D eigenvalue weighted by molar-refractivity contribution is 7.99. The smallest absolute Gasteiger partial charge is 0.253 e. The molecule has 30 heavy (non-hydrogen) atoms. The summed E-state index contributed by atoms with van der Waals surface area (Å²) in [6.07, 6.45) is 0. The van der Waals surface area contributed by atoms with Gasteiger partial charge in [0.2, 0.25) is 5.91 Å². The molecular formula is C20H19Cl2N5O2S. The van der Waals surface area contributed by atoms with Gasteiger partial charge >= 0.3 is 0 Å². The Balaban J connectivity index is 1.58. The Morgan fingerprint density at radius 2 is 1.87 bits per heavy atom. The van der Waals surface area contributed by atoms with Crippen LogP contribution < -0.4 is 10.6 Å². The minimum absolute atomic E-state index is 0.135. The lowest BCUT2D eigenvalue weighted by Gasteiger charge is -2.09. The summed E-state index contributed by atoms with van der Waals surface area (Å²) in [6.45, 7) is 2.72. The molecule has 0 aliphatic heterocycles. The topological polar surface area (TPSA) is 88.9 Å². The average Bonchev–Trinajstić information content (AvgIpc) is 3.13. The van der Waals surface area contributed by atoms with Gasteiger partial charge in [0.25, 0.3) is 5.91 Å². The first-order chi connectivity index (χ1) is 14.5. The zero-order valence-corrected chi connectivity index (χ0v) is 18.4. The lowest BCUT2D eigenvalue weighted by molar-refractivity contribution is -0.113. The van der Waals surface area contributed by atoms with E-state index in [-0.39, 0.29) is 29.1 Å². The Morgan fingerprint density at radius 3 is 2.57 bits per heavy atom. The molecule has 2 amide bonds. The Labute approximate surface area is 188 Å². The van der Waals surface area contributed by atoms with Gasteiger partial charge in [-0.2, -0.15) is 0 Å². The summed E-state index contributed by atoms with van der Waals surface area (Å²) < 4.78 is 1.85. The average molecular weight is 464 g/mol. The fourth-order valence-electron chi connectivity index (χ4n) is 2.65. The molecule has 0 aliphatic carbocycles. The second kappa shape index (κ2) is 10.5. The molecule has 1 aromatic heterocycles. The van der Waals surface area contributed by atoms with Crippen molar-refractivity contribution in [3.8, 4) is 0 Å². The molecule has 0 aliphatic rings. The molecule has 156 valence electrons. The number of halogens is 2. The van der Waals surface area contributed by atoms with E-state index < -0.39 is 0 Å². The van der Waals surface area contributed by atoms with Crippen molar-refractivity contribution in [1.82, 2.24) is 20.1 Å². The summed E-state index contributed by atoms with van der Waals surface area (Å²) in [5, 5.41) is 15.2. The van der Waals surface area contributed by atoms with Crippen LogP contribution in [-0.2, 0) is 17.9 Å². The second-order valence-corrected chi connectivity index (χ2v) is 7.94. The molecule has 0 radical (unpaired) electrons. The van der Waals surface area contributed by atoms with Gasteiger partial charge in [0.15, 0.2) is 11.0 Å². The lowest BCUT2D eigenvalue weighted by atomic mass is 10.2. The monoisotopic (exact) mass is 463 g/mol. The molecule has 0 unspecified atom stereocenters. The summed E-state index contributed by atoms with van der Waals surface area (Å²) in [5.41, 5.74) is 1.07. The van der Waals surface area contributed by atoms with E-state index in [1.807, 2.05) is 41.8 Å². The summed E-state index contributed by atoms with van der Waals surface area (Å²) >= 11 is 13.2. The van der Waals surface area contributed by atoms with Crippen molar-refractivity contribution in [3.05, 3.63) is 70.0 Å². The number of carbonyl (C=O) groups is 2. The van der Waals surface area contributed by atoms with Crippen LogP contribution in [0.4, 0.5) is 5.69 Å². The number of hydrogen-bond donors (Lipinski definition) is 2. The van der Waals surface area contributed by atoms with Crippen LogP contribution in [0.15, 0.2) is 53.7 Å². The highest BCUT2D eigenvalue weighted by atomic mass is 35.5. The largest absolute Gasteiger partial charge is 0.345 e. The number of nitrogens with one attached hydrogen (secondary N) is 2. The maximum atomic E-state index is 12.4. The number of amides is 2. The molecule has 10 heteroatoms. The van der Waals surface area contributed by atoms with Crippen molar-refractivity contribution in [2.75, 3.05) is 11.1 Å². The first-order valence-corrected chi connectivity index (χ1v) is 10.8. The fourth-order valence-corrected chi connectivity index (χ4v) is 3.97. The maximum absolute atomic E-state index is 12.4. The number of para-hydroxylation sites is 1. The molecular weight excluding hydrogens is 445 g/mol. The Kier molecular flexibility index (Phi) is 7.73. The molecule has 0 saturated carbocycles. The van der Waals surface area contributed by atoms with E-state index in [9.17, 15) is 9.59 Å². The second-order valence-electron chi connectivity index (χ2n) is 6.15. The van der Waals surface area contributed by atoms with E-state index in [0.717, 1.165) is 5.69 Å². The van der Waals surface area contributed by atoms with Crippen LogP contribution in [0.5, 0.6) is 0 Å². The van der Waals surface area contributed by atoms with Gasteiger partial charge in [-0.15, -0.1) is 10.2 Å². The Morgan fingerprint density at radius 1 is 1.10 bits per heavy atom. The third-order valence-corrected chi connectivity index (χ3v) is 5.60. The van der Waals surface area contributed by atoms with Gasteiger partial charge in [-0.05, 0) is 37.3 Å². The minimum Gasteiger partial charge on any atom is -0.345 e. The maximum Gasteiger partial charge on any atom is 0.253 e. The van der Waals surface area contributed by atoms with Gasteiger partial charge in [0, 0.05) is 17.3 Å². The molecule has 0 spiro atoms. The number of aromatic nitrogens is 3. The quantitative estimate of drug-likeness (QED) is 0.487. The molecule has 3 rings (SSSR count). The van der Waals surface area contributed by atoms with E-state index in [0.29, 0.717) is 28.1 Å². The van der Waals surface area contributed by atoms with Crippen LogP contribution in [0.1, 0.15) is 23.1 Å². The zero-order valence-electron chi connectivity index (χ0n) is 16.1. The zero-order chi connectivity index (χ0) is 21.5. The Bertz CT molecular complexity index is 1040. The third-order valence-electron chi connectivity index (χ3n) is 4.08. The van der Waals surface area contributed by atoms with Crippen molar-refractivity contribution < 1.29 is 9.59 Å². The number of anilines is 1. The molecule has 3 aromatic rings. The van der Waals surface area contributed by atoms with Crippen molar-refractivity contribution in [1.29, 1.82) is 0 Å². The van der Waals surface area contributed by atoms with Crippen molar-refractivity contribution in [2.24, 2.45) is 0 Å². The number of rotatable bonds is 8. The standard InChI is InChI=1S/C20H19Cl2N5O2S/c1-2-27-17(11-23-19(29)15-9-8-13(21)10-16(15)22)25-26-20(27)30-12-18(28)24-14-6-4-3-5-7-14/h3-10H,2,11-12H2,1H3,(H,23,29)(H,24,28). The minimum atomic E-state index is -0.334. The van der Waals surface area contributed by atoms with Crippen LogP contribution in [0, 0.1) is 0 Å². The van der Waals surface area contributed by atoms with Crippen molar-refractivity contribution in [2.45, 2.75) is 25.2 Å². The Hall–Kier alpha value is -2.55. The van der Waals surface area contributed by atoms with Crippen LogP contribution in [-0.4, -0.2) is 32.3 Å². The highest BCUT2D eigenvalue weighted by Gasteiger charge is 2.16. The molecule has 0 atom stereocenters. The van der Waals surface area contributed by atoms with E-state index >= 15 is 0 Å². The van der Waals surface area contributed by atoms with Gasteiger partial charge in [0.1, 0.15) is 0 Å². The molecule has 0 fully saturated rings. The summed E-state index contributed by atoms with van der Waals surface area (Å²) in [4.78, 5) is 24.5. The number of carbonyl (C=O) groups excluding carboxylic acids is 2. The van der Waals surface area contributed by atoms with Crippen molar-refractivity contribution in [3.63, 3.8) is 0 Å². The number of benzene rings is 2. The van der Waals surface area contributed by atoms with E-state index in [1.54, 1.807) is 12.1 Å². The first kappa shape index (κ1) is 22.1. The van der Waals surface area contributed by atoms with Crippen molar-refractivity contribution >= 4 is 52.5 Å². The highest BCUT2D eigenvalue weighted by Crippen LogP contribution is 2.21. The predicted octanol–water partition coefficient (Wildman–Crippen LogP) is 4.27. The molecule has 2 aromatic carbocycles. The van der Waals surface area contributed by atoms with E-state index in [2.05, 4.69) is 20.8 Å². The lowest BCUT2D eigenvalue weighted by Crippen LogP contribution is -2.25. The predicted molar refractivity (Wildman–Crippen MR) is 119 cm³/mol. The summed E-state index contributed by atoms with van der Waals surface area (Å²) in [6, 6.07) is 13.9. The van der Waals surface area contributed by atoms with E-state index in [1.165, 1.54) is 17.8 Å². The molecule has 0 saturated heterocycles. The molecule has 7 nitrogen and oxygen atoms in total. The van der Waals surface area contributed by atoms with Crippen LogP contribution >= 0.6 is 35.0 Å². The number of thioether (sulfide) groups is 1. The normalized spacial score (nSPS) is 10.6.